The number of aldehydes is 1. The molecule has 0 saturated carbocycles. The van der Waals surface area contributed by atoms with E-state index in [0.717, 1.165) is 36.8 Å². The monoisotopic (exact) mass is 556 g/mol. The lowest BCUT2D eigenvalue weighted by molar-refractivity contribution is -0.125. The van der Waals surface area contributed by atoms with Gasteiger partial charge in [0, 0.05) is 56.1 Å². The molecule has 2 aromatic carbocycles. The van der Waals surface area contributed by atoms with Crippen LogP contribution in [0.25, 0.3) is 5.69 Å². The highest BCUT2D eigenvalue weighted by atomic mass is 16.2. The number of hydrogen-bond acceptors (Lipinski definition) is 5. The van der Waals surface area contributed by atoms with Crippen molar-refractivity contribution in [3.05, 3.63) is 101 Å². The van der Waals surface area contributed by atoms with Crippen molar-refractivity contribution >= 4 is 18.0 Å². The van der Waals surface area contributed by atoms with Crippen LogP contribution in [0.5, 0.6) is 0 Å². The SMILES string of the molecule is CCCc1ccc(-n2cc(C3CCN(C(=O)/C=C/CN(C)C)C3)c(C=O)c2/C(N)=N\NC)cc1.Cc1ccccc1. The standard InChI is InChI=1S/C26H36N6O2.C7H8/c1-5-7-19-9-11-21(12-10-19)32-17-22(23(18-33)25(32)26(27)29-28-2)20-13-15-31(16-20)24(34)8-6-14-30(3)4;1-7-5-3-2-4-6-7/h6,8-12,17-18,20,28H,5,7,13-16H2,1-4H3,(H2,27,29);2-6H,1H3/b8-6+;. The van der Waals surface area contributed by atoms with Crippen LogP contribution in [0.3, 0.4) is 0 Å². The summed E-state index contributed by atoms with van der Waals surface area (Å²) in [6.07, 6.45) is 9.22. The first-order valence-corrected chi connectivity index (χ1v) is 14.2. The molecule has 218 valence electrons. The number of nitrogens with zero attached hydrogens (tertiary/aromatic N) is 4. The highest BCUT2D eigenvalue weighted by Crippen LogP contribution is 2.33. The number of benzene rings is 2. The van der Waals surface area contributed by atoms with Crippen LogP contribution in [0.4, 0.5) is 0 Å². The molecule has 41 heavy (non-hydrogen) atoms. The first kappa shape index (κ1) is 31.4. The minimum Gasteiger partial charge on any atom is -0.381 e. The second-order valence-corrected chi connectivity index (χ2v) is 10.6. The van der Waals surface area contributed by atoms with E-state index >= 15 is 0 Å². The summed E-state index contributed by atoms with van der Waals surface area (Å²) in [5, 5.41) is 4.15. The van der Waals surface area contributed by atoms with Gasteiger partial charge in [0.2, 0.25) is 5.91 Å². The minimum absolute atomic E-state index is 0.000526. The van der Waals surface area contributed by atoms with Crippen molar-refractivity contribution in [2.45, 2.75) is 39.0 Å². The summed E-state index contributed by atoms with van der Waals surface area (Å²) in [5.41, 5.74) is 14.5. The van der Waals surface area contributed by atoms with E-state index in [1.54, 1.807) is 13.1 Å². The summed E-state index contributed by atoms with van der Waals surface area (Å²) in [5.74, 6) is 0.290. The summed E-state index contributed by atoms with van der Waals surface area (Å²) in [6.45, 7) is 6.17. The molecule has 1 aromatic heterocycles. The van der Waals surface area contributed by atoms with Gasteiger partial charge in [0.1, 0.15) is 5.69 Å². The fourth-order valence-electron chi connectivity index (χ4n) is 4.96. The van der Waals surface area contributed by atoms with Gasteiger partial charge in [-0.2, -0.15) is 5.10 Å². The normalized spacial score (nSPS) is 15.2. The van der Waals surface area contributed by atoms with E-state index in [9.17, 15) is 9.59 Å². The zero-order chi connectivity index (χ0) is 29.8. The van der Waals surface area contributed by atoms with Crippen LogP contribution >= 0.6 is 0 Å². The largest absolute Gasteiger partial charge is 0.381 e. The molecule has 0 aliphatic carbocycles. The highest BCUT2D eigenvalue weighted by Gasteiger charge is 2.31. The van der Waals surface area contributed by atoms with E-state index in [4.69, 9.17) is 5.73 Å². The Hall–Kier alpha value is -4.17. The smallest absolute Gasteiger partial charge is 0.246 e. The summed E-state index contributed by atoms with van der Waals surface area (Å²) in [6, 6.07) is 18.5. The molecule has 4 rings (SSSR count). The molecule has 1 saturated heterocycles. The Morgan fingerprint density at radius 1 is 1.15 bits per heavy atom. The first-order chi connectivity index (χ1) is 19.8. The number of carbonyl (C=O) groups excluding carboxylic acids is 2. The van der Waals surface area contributed by atoms with Gasteiger partial charge in [0.25, 0.3) is 0 Å². The molecule has 8 heteroatoms. The Labute approximate surface area is 244 Å². The quantitative estimate of drug-likeness (QED) is 0.126. The molecule has 1 atom stereocenters. The molecule has 2 heterocycles. The van der Waals surface area contributed by atoms with Gasteiger partial charge in [-0.15, -0.1) is 0 Å². The van der Waals surface area contributed by atoms with Crippen molar-refractivity contribution < 1.29 is 9.59 Å². The third-order valence-electron chi connectivity index (χ3n) is 7.03. The average molecular weight is 557 g/mol. The van der Waals surface area contributed by atoms with E-state index in [0.29, 0.717) is 30.9 Å². The van der Waals surface area contributed by atoms with E-state index in [1.807, 2.05) is 71.1 Å². The van der Waals surface area contributed by atoms with Gasteiger partial charge in [-0.3, -0.25) is 9.59 Å². The number of rotatable bonds is 10. The van der Waals surface area contributed by atoms with Crippen LogP contribution in [-0.2, 0) is 11.2 Å². The average Bonchev–Trinajstić information content (AvgIpc) is 3.60. The van der Waals surface area contributed by atoms with Gasteiger partial charge in [0.05, 0.1) is 0 Å². The summed E-state index contributed by atoms with van der Waals surface area (Å²) < 4.78 is 1.94. The zero-order valence-corrected chi connectivity index (χ0v) is 25.0. The molecule has 1 aliphatic heterocycles. The van der Waals surface area contributed by atoms with Gasteiger partial charge >= 0.3 is 0 Å². The Morgan fingerprint density at radius 3 is 2.41 bits per heavy atom. The maximum Gasteiger partial charge on any atom is 0.246 e. The lowest BCUT2D eigenvalue weighted by atomic mass is 9.96. The van der Waals surface area contributed by atoms with E-state index in [2.05, 4.69) is 48.6 Å². The van der Waals surface area contributed by atoms with Crippen molar-refractivity contribution in [1.29, 1.82) is 0 Å². The van der Waals surface area contributed by atoms with Gasteiger partial charge in [-0.1, -0.05) is 67.4 Å². The molecule has 1 aliphatic rings. The number of hydrazone groups is 1. The topological polar surface area (TPSA) is 96.0 Å². The maximum atomic E-state index is 12.6. The Bertz CT molecular complexity index is 1330. The Balaban J connectivity index is 0.000000575. The van der Waals surface area contributed by atoms with Gasteiger partial charge in [-0.25, -0.2) is 0 Å². The van der Waals surface area contributed by atoms with Gasteiger partial charge in [0.15, 0.2) is 12.1 Å². The minimum atomic E-state index is -0.000526. The number of nitrogens with one attached hydrogen (secondary N) is 1. The number of aryl methyl sites for hydroxylation is 2. The highest BCUT2D eigenvalue weighted by molar-refractivity contribution is 6.04. The second kappa shape index (κ2) is 15.6. The second-order valence-electron chi connectivity index (χ2n) is 10.6. The number of carbonyl (C=O) groups is 2. The lowest BCUT2D eigenvalue weighted by Gasteiger charge is -2.14. The molecular weight excluding hydrogens is 512 g/mol. The fraction of sp³-hybridized carbons (Fsp3) is 0.364. The van der Waals surface area contributed by atoms with Crippen LogP contribution in [0.2, 0.25) is 0 Å². The number of likely N-dealkylation sites (N-methyl/N-ethyl adjacent to an activating group) is 1. The molecule has 0 spiro atoms. The molecule has 1 unspecified atom stereocenters. The summed E-state index contributed by atoms with van der Waals surface area (Å²) in [7, 11) is 5.60. The maximum absolute atomic E-state index is 12.6. The third-order valence-corrected chi connectivity index (χ3v) is 7.03. The first-order valence-electron chi connectivity index (χ1n) is 14.2. The third kappa shape index (κ3) is 8.66. The van der Waals surface area contributed by atoms with Crippen LogP contribution < -0.4 is 11.2 Å². The van der Waals surface area contributed by atoms with Crippen molar-refractivity contribution in [2.75, 3.05) is 40.8 Å². The van der Waals surface area contributed by atoms with E-state index in [1.165, 1.54) is 11.1 Å². The number of amides is 1. The molecule has 3 N–H and O–H groups in total. The van der Waals surface area contributed by atoms with Gasteiger partial charge in [-0.05, 0) is 57.1 Å². The molecule has 0 radical (unpaired) electrons. The van der Waals surface area contributed by atoms with Crippen LogP contribution in [-0.4, -0.2) is 73.2 Å². The molecule has 3 aromatic rings. The van der Waals surface area contributed by atoms with E-state index in [-0.39, 0.29) is 17.7 Å². The molecule has 1 fully saturated rings. The van der Waals surface area contributed by atoms with Crippen LogP contribution in [0.15, 0.2) is 78.0 Å². The van der Waals surface area contributed by atoms with Crippen molar-refractivity contribution in [3.63, 3.8) is 0 Å². The summed E-state index contributed by atoms with van der Waals surface area (Å²) >= 11 is 0. The zero-order valence-electron chi connectivity index (χ0n) is 25.0. The molecule has 1 amide bonds. The molecule has 0 bridgehead atoms. The van der Waals surface area contributed by atoms with E-state index < -0.39 is 0 Å². The number of nitrogens with two attached hydrogens (primary N) is 1. The van der Waals surface area contributed by atoms with Crippen molar-refractivity contribution in [1.82, 2.24) is 19.8 Å². The predicted molar refractivity (Wildman–Crippen MR) is 168 cm³/mol. The van der Waals surface area contributed by atoms with Crippen molar-refractivity contribution in [2.24, 2.45) is 10.8 Å². The Kier molecular flexibility index (Phi) is 11.9. The number of likely N-dealkylation sites (tertiary alicyclic amines) is 1. The van der Waals surface area contributed by atoms with Crippen LogP contribution in [0.1, 0.15) is 58.4 Å². The number of hydrogen-bond donors (Lipinski definition) is 2. The summed E-state index contributed by atoms with van der Waals surface area (Å²) in [4.78, 5) is 28.7. The number of amidine groups is 1. The predicted octanol–water partition coefficient (Wildman–Crippen LogP) is 4.51. The Morgan fingerprint density at radius 2 is 1.85 bits per heavy atom. The number of aromatic nitrogens is 1. The lowest BCUT2D eigenvalue weighted by Crippen LogP contribution is -2.27. The van der Waals surface area contributed by atoms with Gasteiger partial charge < -0.3 is 25.5 Å². The fourth-order valence-corrected chi connectivity index (χ4v) is 4.96. The van der Waals surface area contributed by atoms with Crippen molar-refractivity contribution in [3.8, 4) is 5.69 Å². The molecular formula is C33H44N6O2. The molecule has 8 nitrogen and oxygen atoms in total. The van der Waals surface area contributed by atoms with Crippen LogP contribution in [0, 0.1) is 6.92 Å².